The molecule has 2 N–H and O–H groups in total. The third-order valence-corrected chi connectivity index (χ3v) is 7.25. The number of β-lactam (4-membered cyclic amide) rings is 1. The third-order valence-electron chi connectivity index (χ3n) is 4.82. The number of fused-ring (bicyclic) bond motifs is 1. The lowest BCUT2D eigenvalue weighted by Crippen LogP contribution is -2.67. The normalized spacial score (nSPS) is 21.1. The van der Waals surface area contributed by atoms with E-state index in [0.717, 1.165) is 11.3 Å². The van der Waals surface area contributed by atoms with Crippen LogP contribution in [0.15, 0.2) is 34.9 Å². The number of aromatic nitrogens is 5. The molecule has 152 valence electrons. The smallest absolute Gasteiger partial charge is 0.352 e. The molecular weight excluding hydrogens is 414 g/mol. The first-order valence-electron chi connectivity index (χ1n) is 8.84. The monoisotopic (exact) mass is 434 g/mol. The van der Waals surface area contributed by atoms with Crippen LogP contribution in [-0.2, 0) is 23.7 Å². The summed E-state index contributed by atoms with van der Waals surface area (Å²) in [6.45, 7) is 1.97. The van der Waals surface area contributed by atoms with Crippen molar-refractivity contribution < 1.29 is 19.3 Å². The topological polar surface area (TPSA) is 117 Å². The van der Waals surface area contributed by atoms with E-state index in [0.29, 0.717) is 22.2 Å². The van der Waals surface area contributed by atoms with E-state index in [1.807, 2.05) is 37.0 Å². The van der Waals surface area contributed by atoms with E-state index in [-0.39, 0.29) is 17.0 Å². The number of carboxylic acids is 1. The van der Waals surface area contributed by atoms with Crippen molar-refractivity contribution in [2.24, 2.45) is 14.1 Å². The molecule has 0 bridgehead atoms. The Hall–Kier alpha value is -2.60. The van der Waals surface area contributed by atoms with Crippen LogP contribution >= 0.6 is 23.5 Å². The molecule has 0 aliphatic carbocycles. The van der Waals surface area contributed by atoms with Crippen LogP contribution in [0, 0.1) is 6.92 Å². The molecule has 12 heteroatoms. The van der Waals surface area contributed by atoms with Crippen molar-refractivity contribution in [3.05, 3.63) is 35.3 Å². The number of nitrogens with zero attached hydrogens (tertiary/aromatic N) is 6. The van der Waals surface area contributed by atoms with Crippen molar-refractivity contribution in [3.8, 4) is 0 Å². The number of tetrazole rings is 1. The van der Waals surface area contributed by atoms with Gasteiger partial charge in [-0.3, -0.25) is 9.69 Å². The molecule has 2 atom stereocenters. The zero-order valence-electron chi connectivity index (χ0n) is 16.1. The van der Waals surface area contributed by atoms with Crippen LogP contribution in [0.3, 0.4) is 0 Å². The summed E-state index contributed by atoms with van der Waals surface area (Å²) in [5.41, 5.74) is 2.67. The molecule has 2 aromatic rings. The quantitative estimate of drug-likeness (QED) is 0.373. The first kappa shape index (κ1) is 19.7. The molecule has 0 saturated carbocycles. The van der Waals surface area contributed by atoms with Crippen molar-refractivity contribution in [1.82, 2.24) is 25.1 Å². The zero-order valence-corrected chi connectivity index (χ0v) is 17.7. The van der Waals surface area contributed by atoms with Crippen LogP contribution in [-0.4, -0.2) is 65.0 Å². The summed E-state index contributed by atoms with van der Waals surface area (Å²) in [6, 6.07) is 1.47. The molecule has 0 aromatic carbocycles. The Labute approximate surface area is 175 Å². The fourth-order valence-electron chi connectivity index (χ4n) is 3.36. The first-order valence-corrected chi connectivity index (χ1v) is 10.9. The minimum atomic E-state index is -1.09. The van der Waals surface area contributed by atoms with Crippen molar-refractivity contribution in [2.75, 3.05) is 16.8 Å². The van der Waals surface area contributed by atoms with Gasteiger partial charge in [0.15, 0.2) is 12.4 Å². The van der Waals surface area contributed by atoms with Gasteiger partial charge in [0, 0.05) is 35.9 Å². The number of thioether (sulfide) groups is 2. The zero-order chi connectivity index (χ0) is 20.7. The largest absolute Gasteiger partial charge is 0.477 e. The lowest BCUT2D eigenvalue weighted by molar-refractivity contribution is -0.671. The molecular formula is C17H20N7O3S2+. The molecule has 29 heavy (non-hydrogen) atoms. The van der Waals surface area contributed by atoms with E-state index in [2.05, 4.69) is 20.8 Å². The number of carbonyl (C=O) groups is 2. The molecule has 1 saturated heterocycles. The Morgan fingerprint density at radius 2 is 2.31 bits per heavy atom. The highest BCUT2D eigenvalue weighted by molar-refractivity contribution is 8.01. The Bertz CT molecular complexity index is 1020. The highest BCUT2D eigenvalue weighted by Crippen LogP contribution is 2.42. The van der Waals surface area contributed by atoms with Crippen LogP contribution < -0.4 is 9.88 Å². The molecule has 1 amide bonds. The average molecular weight is 435 g/mol. The van der Waals surface area contributed by atoms with E-state index in [1.54, 1.807) is 18.8 Å². The van der Waals surface area contributed by atoms with Crippen LogP contribution in [0.25, 0.3) is 0 Å². The molecule has 4 rings (SSSR count). The summed E-state index contributed by atoms with van der Waals surface area (Å²) in [5, 5.41) is 24.7. The number of nitrogens with one attached hydrogen (secondary N) is 1. The van der Waals surface area contributed by atoms with Crippen LogP contribution in [0.5, 0.6) is 0 Å². The van der Waals surface area contributed by atoms with E-state index in [1.165, 1.54) is 21.3 Å². The number of anilines is 1. The van der Waals surface area contributed by atoms with E-state index in [4.69, 9.17) is 0 Å². The van der Waals surface area contributed by atoms with Gasteiger partial charge >= 0.3 is 5.97 Å². The fraction of sp³-hybridized carbons (Fsp3) is 0.412. The summed E-state index contributed by atoms with van der Waals surface area (Å²) in [4.78, 5) is 26.2. The van der Waals surface area contributed by atoms with Crippen molar-refractivity contribution in [2.45, 2.75) is 23.5 Å². The second kappa shape index (κ2) is 7.67. The van der Waals surface area contributed by atoms with Gasteiger partial charge < -0.3 is 10.4 Å². The van der Waals surface area contributed by atoms with Gasteiger partial charge in [-0.1, -0.05) is 11.8 Å². The average Bonchev–Trinajstić information content (AvgIpc) is 3.09. The van der Waals surface area contributed by atoms with Gasteiger partial charge in [-0.2, -0.15) is 0 Å². The number of carbonyl (C=O) groups excluding carboxylic acids is 1. The second-order valence-corrected chi connectivity index (χ2v) is 8.92. The standard InChI is InChI=1S/C17H19N7O3S2/c1-9-6-22(2)5-4-11(9)18-12-14(25)24-13(16(26)27)10(7-28-15(12)24)8-29-17-19-20-21-23(17)3/h4-6,12,15H,7-8H2,1-3H3,(H,26,27)/p+1/t12-,15?/m1/s1. The van der Waals surface area contributed by atoms with Gasteiger partial charge in [-0.05, 0) is 22.9 Å². The summed E-state index contributed by atoms with van der Waals surface area (Å²) < 4.78 is 3.47. The lowest BCUT2D eigenvalue weighted by Gasteiger charge is -2.49. The van der Waals surface area contributed by atoms with Crippen LogP contribution in [0.2, 0.25) is 0 Å². The number of aliphatic carboxylic acids is 1. The number of aryl methyl sites for hydroxylation is 3. The molecule has 10 nitrogen and oxygen atoms in total. The number of hydrogen-bond acceptors (Lipinski definition) is 8. The van der Waals surface area contributed by atoms with Crippen molar-refractivity contribution >= 4 is 41.1 Å². The Morgan fingerprint density at radius 3 is 2.97 bits per heavy atom. The number of carboxylic acid groups (broad SMARTS) is 1. The number of hydrogen-bond donors (Lipinski definition) is 2. The Morgan fingerprint density at radius 1 is 1.52 bits per heavy atom. The maximum Gasteiger partial charge on any atom is 0.352 e. The Kier molecular flexibility index (Phi) is 5.21. The summed E-state index contributed by atoms with van der Waals surface area (Å²) in [5.74, 6) is -0.368. The van der Waals surface area contributed by atoms with Gasteiger partial charge in [0.05, 0.1) is 0 Å². The maximum absolute atomic E-state index is 12.8. The minimum Gasteiger partial charge on any atom is -0.477 e. The van der Waals surface area contributed by atoms with Gasteiger partial charge in [0.25, 0.3) is 5.91 Å². The molecule has 1 fully saturated rings. The maximum atomic E-state index is 12.8. The molecule has 0 radical (unpaired) electrons. The van der Waals surface area contributed by atoms with Crippen molar-refractivity contribution in [1.29, 1.82) is 0 Å². The van der Waals surface area contributed by atoms with E-state index in [9.17, 15) is 14.7 Å². The third kappa shape index (κ3) is 3.57. The minimum absolute atomic E-state index is 0.0793. The molecule has 4 heterocycles. The second-order valence-electron chi connectivity index (χ2n) is 6.87. The molecule has 2 aliphatic heterocycles. The van der Waals surface area contributed by atoms with Gasteiger partial charge in [0.2, 0.25) is 5.16 Å². The lowest BCUT2D eigenvalue weighted by atomic mass is 10.0. The summed E-state index contributed by atoms with van der Waals surface area (Å²) in [6.07, 6.45) is 3.87. The number of amides is 1. The molecule has 0 spiro atoms. The highest BCUT2D eigenvalue weighted by Gasteiger charge is 2.53. The van der Waals surface area contributed by atoms with E-state index >= 15 is 0 Å². The predicted molar refractivity (Wildman–Crippen MR) is 107 cm³/mol. The Balaban J connectivity index is 1.52. The SMILES string of the molecule is Cc1c[n+](C)ccc1N[C@@H]1C(=O)N2C(C(=O)O)=C(CSc3nnnn3C)CSC12. The van der Waals surface area contributed by atoms with Crippen LogP contribution in [0.1, 0.15) is 5.56 Å². The van der Waals surface area contributed by atoms with Gasteiger partial charge in [-0.25, -0.2) is 14.0 Å². The van der Waals surface area contributed by atoms with E-state index < -0.39 is 12.0 Å². The first-order chi connectivity index (χ1) is 13.9. The van der Waals surface area contributed by atoms with Crippen LogP contribution in [0.4, 0.5) is 5.69 Å². The number of rotatable bonds is 6. The molecule has 1 unspecified atom stereocenters. The van der Waals surface area contributed by atoms with Gasteiger partial charge in [-0.15, -0.1) is 16.9 Å². The number of pyridine rings is 1. The van der Waals surface area contributed by atoms with Gasteiger partial charge in [0.1, 0.15) is 24.2 Å². The molecule has 2 aliphatic rings. The summed E-state index contributed by atoms with van der Waals surface area (Å²) in [7, 11) is 3.66. The summed E-state index contributed by atoms with van der Waals surface area (Å²) >= 11 is 2.92. The fourth-order valence-corrected chi connectivity index (χ4v) is 5.70. The predicted octanol–water partition coefficient (Wildman–Crippen LogP) is 0.170. The van der Waals surface area contributed by atoms with Crippen molar-refractivity contribution in [3.63, 3.8) is 0 Å². The highest BCUT2D eigenvalue weighted by atomic mass is 32.2. The molecule has 2 aromatic heterocycles.